The molecule has 0 amide bonds. The molecule has 96 valence electrons. The van der Waals surface area contributed by atoms with Gasteiger partial charge in [0.15, 0.2) is 0 Å². The lowest BCUT2D eigenvalue weighted by molar-refractivity contribution is 0.569. The van der Waals surface area contributed by atoms with Gasteiger partial charge in [0, 0.05) is 17.6 Å². The molecule has 1 heterocycles. The van der Waals surface area contributed by atoms with E-state index in [0.717, 1.165) is 6.54 Å². The SMILES string of the molecule is Cc1cnc(C(C)NCc2c(C)cccc2C)s1. The van der Waals surface area contributed by atoms with Gasteiger partial charge in [0.05, 0.1) is 6.04 Å². The van der Waals surface area contributed by atoms with Crippen molar-refractivity contribution in [3.05, 3.63) is 51.0 Å². The maximum absolute atomic E-state index is 4.43. The number of thiazole rings is 1. The van der Waals surface area contributed by atoms with Crippen LogP contribution in [0.4, 0.5) is 0 Å². The highest BCUT2D eigenvalue weighted by atomic mass is 32.1. The Hall–Kier alpha value is -1.19. The molecule has 0 spiro atoms. The average molecular weight is 260 g/mol. The zero-order valence-electron chi connectivity index (χ0n) is 11.4. The molecule has 2 aromatic rings. The van der Waals surface area contributed by atoms with E-state index in [2.05, 4.69) is 56.2 Å². The van der Waals surface area contributed by atoms with E-state index in [1.165, 1.54) is 26.6 Å². The summed E-state index contributed by atoms with van der Waals surface area (Å²) in [5.74, 6) is 0. The van der Waals surface area contributed by atoms with Crippen LogP contribution in [0.2, 0.25) is 0 Å². The summed E-state index contributed by atoms with van der Waals surface area (Å²) in [5, 5.41) is 4.72. The quantitative estimate of drug-likeness (QED) is 0.901. The van der Waals surface area contributed by atoms with Crippen molar-refractivity contribution in [2.24, 2.45) is 0 Å². The minimum atomic E-state index is 0.308. The Morgan fingerprint density at radius 1 is 1.22 bits per heavy atom. The normalized spacial score (nSPS) is 12.7. The Morgan fingerprint density at radius 3 is 2.44 bits per heavy atom. The maximum atomic E-state index is 4.43. The van der Waals surface area contributed by atoms with Crippen LogP contribution in [0.5, 0.6) is 0 Å². The molecule has 0 bridgehead atoms. The molecule has 1 N–H and O–H groups in total. The van der Waals surface area contributed by atoms with Crippen molar-refractivity contribution in [1.29, 1.82) is 0 Å². The second kappa shape index (κ2) is 5.63. The summed E-state index contributed by atoms with van der Waals surface area (Å²) < 4.78 is 0. The number of nitrogens with one attached hydrogen (secondary N) is 1. The van der Waals surface area contributed by atoms with Crippen molar-refractivity contribution in [2.45, 2.75) is 40.3 Å². The highest BCUT2D eigenvalue weighted by Crippen LogP contribution is 2.20. The standard InChI is InChI=1S/C15H20N2S/c1-10-6-5-7-11(2)14(10)9-16-13(4)15-17-8-12(3)18-15/h5-8,13,16H,9H2,1-4H3. The molecule has 0 saturated carbocycles. The monoisotopic (exact) mass is 260 g/mol. The molecule has 1 atom stereocenters. The van der Waals surface area contributed by atoms with Crippen LogP contribution in [0.3, 0.4) is 0 Å². The summed E-state index contributed by atoms with van der Waals surface area (Å²) in [6, 6.07) is 6.76. The molecule has 3 heteroatoms. The van der Waals surface area contributed by atoms with Gasteiger partial charge in [0.25, 0.3) is 0 Å². The summed E-state index contributed by atoms with van der Waals surface area (Å²) in [7, 11) is 0. The lowest BCUT2D eigenvalue weighted by atomic mass is 10.0. The first-order valence-corrected chi connectivity index (χ1v) is 7.10. The van der Waals surface area contributed by atoms with Crippen molar-refractivity contribution in [1.82, 2.24) is 10.3 Å². The summed E-state index contributed by atoms with van der Waals surface area (Å²) in [6.07, 6.45) is 1.94. The van der Waals surface area contributed by atoms with Crippen molar-refractivity contribution in [3.8, 4) is 0 Å². The number of benzene rings is 1. The highest BCUT2D eigenvalue weighted by Gasteiger charge is 2.10. The Kier molecular flexibility index (Phi) is 4.15. The maximum Gasteiger partial charge on any atom is 0.109 e. The molecule has 0 aliphatic rings. The van der Waals surface area contributed by atoms with Crippen molar-refractivity contribution >= 4 is 11.3 Å². The molecule has 18 heavy (non-hydrogen) atoms. The molecule has 0 aliphatic heterocycles. The molecule has 2 nitrogen and oxygen atoms in total. The first-order valence-electron chi connectivity index (χ1n) is 6.28. The topological polar surface area (TPSA) is 24.9 Å². The lowest BCUT2D eigenvalue weighted by Crippen LogP contribution is -2.19. The van der Waals surface area contributed by atoms with Gasteiger partial charge in [-0.15, -0.1) is 11.3 Å². The van der Waals surface area contributed by atoms with Crippen LogP contribution in [0.15, 0.2) is 24.4 Å². The number of hydrogen-bond acceptors (Lipinski definition) is 3. The lowest BCUT2D eigenvalue weighted by Gasteiger charge is -2.14. The van der Waals surface area contributed by atoms with Gasteiger partial charge in [-0.2, -0.15) is 0 Å². The molecule has 0 saturated heterocycles. The Balaban J connectivity index is 2.03. The van der Waals surface area contributed by atoms with E-state index in [4.69, 9.17) is 0 Å². The Bertz CT molecular complexity index is 511. The third kappa shape index (κ3) is 2.98. The molecule has 1 unspecified atom stereocenters. The molecular weight excluding hydrogens is 240 g/mol. The van der Waals surface area contributed by atoms with Gasteiger partial charge >= 0.3 is 0 Å². The average Bonchev–Trinajstić information content (AvgIpc) is 2.75. The number of nitrogens with zero attached hydrogens (tertiary/aromatic N) is 1. The first-order chi connectivity index (χ1) is 8.58. The molecular formula is C15H20N2S. The Morgan fingerprint density at radius 2 is 1.89 bits per heavy atom. The number of aromatic nitrogens is 1. The van der Waals surface area contributed by atoms with Crippen LogP contribution >= 0.6 is 11.3 Å². The second-order valence-corrected chi connectivity index (χ2v) is 6.05. The van der Waals surface area contributed by atoms with E-state index in [0.29, 0.717) is 6.04 Å². The van der Waals surface area contributed by atoms with Gasteiger partial charge in [0.1, 0.15) is 5.01 Å². The first kappa shape index (κ1) is 13.2. The van der Waals surface area contributed by atoms with Gasteiger partial charge < -0.3 is 5.32 Å². The molecule has 1 aromatic carbocycles. The van der Waals surface area contributed by atoms with Crippen LogP contribution in [0, 0.1) is 20.8 Å². The minimum Gasteiger partial charge on any atom is -0.304 e. The largest absolute Gasteiger partial charge is 0.304 e. The smallest absolute Gasteiger partial charge is 0.109 e. The molecule has 0 fully saturated rings. The van der Waals surface area contributed by atoms with Crippen LogP contribution in [0.1, 0.15) is 39.5 Å². The summed E-state index contributed by atoms with van der Waals surface area (Å²) in [5.41, 5.74) is 4.10. The van der Waals surface area contributed by atoms with Crippen molar-refractivity contribution in [2.75, 3.05) is 0 Å². The van der Waals surface area contributed by atoms with E-state index >= 15 is 0 Å². The van der Waals surface area contributed by atoms with E-state index in [9.17, 15) is 0 Å². The zero-order chi connectivity index (χ0) is 13.1. The summed E-state index contributed by atoms with van der Waals surface area (Å²) >= 11 is 1.77. The van der Waals surface area contributed by atoms with Gasteiger partial charge in [0.2, 0.25) is 0 Å². The van der Waals surface area contributed by atoms with Gasteiger partial charge in [-0.3, -0.25) is 0 Å². The fraction of sp³-hybridized carbons (Fsp3) is 0.400. The predicted octanol–water partition coefficient (Wildman–Crippen LogP) is 3.92. The van der Waals surface area contributed by atoms with Crippen LogP contribution < -0.4 is 5.32 Å². The fourth-order valence-corrected chi connectivity index (χ4v) is 2.84. The van der Waals surface area contributed by atoms with Crippen molar-refractivity contribution in [3.63, 3.8) is 0 Å². The number of aryl methyl sites for hydroxylation is 3. The van der Waals surface area contributed by atoms with E-state index in [-0.39, 0.29) is 0 Å². The molecule has 2 rings (SSSR count). The number of hydrogen-bond donors (Lipinski definition) is 1. The Labute approximate surface area is 113 Å². The molecule has 0 radical (unpaired) electrons. The minimum absolute atomic E-state index is 0.308. The number of rotatable bonds is 4. The van der Waals surface area contributed by atoms with Crippen LogP contribution in [0.25, 0.3) is 0 Å². The fourth-order valence-electron chi connectivity index (χ4n) is 2.04. The molecule has 1 aromatic heterocycles. The highest BCUT2D eigenvalue weighted by molar-refractivity contribution is 7.11. The van der Waals surface area contributed by atoms with E-state index in [1.54, 1.807) is 11.3 Å². The third-order valence-corrected chi connectivity index (χ3v) is 4.33. The van der Waals surface area contributed by atoms with Crippen molar-refractivity contribution < 1.29 is 0 Å². The van der Waals surface area contributed by atoms with Gasteiger partial charge in [-0.25, -0.2) is 4.98 Å². The van der Waals surface area contributed by atoms with E-state index < -0.39 is 0 Å². The van der Waals surface area contributed by atoms with Crippen LogP contribution in [-0.4, -0.2) is 4.98 Å². The predicted molar refractivity (Wildman–Crippen MR) is 78.0 cm³/mol. The zero-order valence-corrected chi connectivity index (χ0v) is 12.3. The third-order valence-electron chi connectivity index (χ3n) is 3.24. The molecule has 0 aliphatic carbocycles. The van der Waals surface area contributed by atoms with Crippen LogP contribution in [-0.2, 0) is 6.54 Å². The summed E-state index contributed by atoms with van der Waals surface area (Å²) in [6.45, 7) is 9.51. The van der Waals surface area contributed by atoms with Gasteiger partial charge in [-0.1, -0.05) is 18.2 Å². The second-order valence-electron chi connectivity index (χ2n) is 4.78. The summed E-state index contributed by atoms with van der Waals surface area (Å²) in [4.78, 5) is 5.70. The van der Waals surface area contributed by atoms with Gasteiger partial charge in [-0.05, 0) is 44.4 Å². The van der Waals surface area contributed by atoms with E-state index in [1.807, 2.05) is 6.20 Å².